The molecule has 0 heterocycles. The average molecular weight is 307 g/mol. The lowest BCUT2D eigenvalue weighted by Crippen LogP contribution is -1.78. The molecule has 0 saturated carbocycles. The highest BCUT2D eigenvalue weighted by Crippen LogP contribution is 2.15. The van der Waals surface area contributed by atoms with E-state index in [4.69, 9.17) is 0 Å². The van der Waals surface area contributed by atoms with Gasteiger partial charge in [0.2, 0.25) is 0 Å². The third kappa shape index (κ3) is 6.02. The van der Waals surface area contributed by atoms with E-state index in [0.29, 0.717) is 0 Å². The molecule has 0 radical (unpaired) electrons. The Hall–Kier alpha value is -1.08. The van der Waals surface area contributed by atoms with E-state index in [-0.39, 0.29) is 7.43 Å². The number of benzene rings is 2. The van der Waals surface area contributed by atoms with Crippen molar-refractivity contribution in [3.63, 3.8) is 0 Å². The second-order valence-corrected chi connectivity index (χ2v) is 4.64. The molecule has 0 fully saturated rings. The van der Waals surface area contributed by atoms with E-state index in [1.54, 1.807) is 0 Å². The molecule has 0 N–H and O–H groups in total. The van der Waals surface area contributed by atoms with Crippen LogP contribution in [0.15, 0.2) is 59.1 Å². The van der Waals surface area contributed by atoms with Crippen molar-refractivity contribution in [2.75, 3.05) is 0 Å². The summed E-state index contributed by atoms with van der Waals surface area (Å²) < 4.78 is 1.22. The molecular weight excluding hydrogens is 284 g/mol. The van der Waals surface area contributed by atoms with Gasteiger partial charge in [-0.1, -0.05) is 85.7 Å². The second-order valence-electron chi connectivity index (χ2n) is 3.78. The summed E-state index contributed by atoms with van der Waals surface area (Å²) in [6.07, 6.45) is 2.24. The summed E-state index contributed by atoms with van der Waals surface area (Å²) >= 11 is 3.46. The molecule has 0 bridgehead atoms. The normalized spacial score (nSPS) is 8.83. The number of aryl methyl sites for hydroxylation is 2. The van der Waals surface area contributed by atoms with Gasteiger partial charge >= 0.3 is 0 Å². The Morgan fingerprint density at radius 1 is 0.778 bits per heavy atom. The van der Waals surface area contributed by atoms with Crippen LogP contribution in [-0.2, 0) is 12.8 Å². The van der Waals surface area contributed by atoms with Gasteiger partial charge in [0.05, 0.1) is 0 Å². The number of rotatable bonds is 2. The Kier molecular flexibility index (Phi) is 9.31. The van der Waals surface area contributed by atoms with Crippen LogP contribution < -0.4 is 0 Å². The van der Waals surface area contributed by atoms with Crippen molar-refractivity contribution in [2.45, 2.75) is 34.1 Å². The van der Waals surface area contributed by atoms with Gasteiger partial charge in [0.15, 0.2) is 0 Å². The van der Waals surface area contributed by atoms with E-state index in [9.17, 15) is 0 Å². The summed E-state index contributed by atoms with van der Waals surface area (Å²) in [7, 11) is 0. The summed E-state index contributed by atoms with van der Waals surface area (Å²) in [6.45, 7) is 4.31. The van der Waals surface area contributed by atoms with Gasteiger partial charge < -0.3 is 0 Å². The van der Waals surface area contributed by atoms with Gasteiger partial charge in [0, 0.05) is 4.47 Å². The standard InChI is InChI=1S/C8H9Br.C8H10.CH4/c1-2-7-5-3-4-6-8(7)9;1-2-8-6-4-3-5-7-8;/h3-6H,2H2,1H3;3-7H,2H2,1H3;1H4. The Balaban J connectivity index is 0.000000306. The molecule has 0 spiro atoms. The maximum Gasteiger partial charge on any atom is 0.0207 e. The monoisotopic (exact) mass is 306 g/mol. The van der Waals surface area contributed by atoms with Crippen LogP contribution in [0.1, 0.15) is 32.4 Å². The molecule has 0 amide bonds. The van der Waals surface area contributed by atoms with Crippen molar-refractivity contribution >= 4 is 15.9 Å². The molecule has 0 aromatic heterocycles. The molecular formula is C17H23Br. The number of hydrogen-bond acceptors (Lipinski definition) is 0. The van der Waals surface area contributed by atoms with Gasteiger partial charge in [-0.25, -0.2) is 0 Å². The van der Waals surface area contributed by atoms with Crippen LogP contribution in [0.5, 0.6) is 0 Å². The van der Waals surface area contributed by atoms with Gasteiger partial charge in [-0.05, 0) is 30.0 Å². The van der Waals surface area contributed by atoms with Gasteiger partial charge in [-0.15, -0.1) is 0 Å². The number of halogens is 1. The average Bonchev–Trinajstić information content (AvgIpc) is 2.41. The van der Waals surface area contributed by atoms with Crippen LogP contribution in [0.2, 0.25) is 0 Å². The minimum Gasteiger partial charge on any atom is -0.0776 e. The maximum absolute atomic E-state index is 3.46. The van der Waals surface area contributed by atoms with Crippen LogP contribution in [0.4, 0.5) is 0 Å². The second kappa shape index (κ2) is 9.90. The van der Waals surface area contributed by atoms with Crippen molar-refractivity contribution in [3.05, 3.63) is 70.2 Å². The van der Waals surface area contributed by atoms with Crippen LogP contribution in [-0.4, -0.2) is 0 Å². The van der Waals surface area contributed by atoms with E-state index in [2.05, 4.69) is 72.2 Å². The molecule has 0 aliphatic rings. The van der Waals surface area contributed by atoms with E-state index in [1.807, 2.05) is 12.1 Å². The zero-order chi connectivity index (χ0) is 12.5. The van der Waals surface area contributed by atoms with Crippen LogP contribution in [0, 0.1) is 0 Å². The third-order valence-corrected chi connectivity index (χ3v) is 3.36. The van der Waals surface area contributed by atoms with Crippen molar-refractivity contribution in [1.82, 2.24) is 0 Å². The predicted molar refractivity (Wildman–Crippen MR) is 86.1 cm³/mol. The molecule has 0 atom stereocenters. The van der Waals surface area contributed by atoms with Gasteiger partial charge in [0.1, 0.15) is 0 Å². The zero-order valence-corrected chi connectivity index (χ0v) is 12.1. The minimum atomic E-state index is 0. The fraction of sp³-hybridized carbons (Fsp3) is 0.294. The fourth-order valence-electron chi connectivity index (χ4n) is 1.50. The van der Waals surface area contributed by atoms with Crippen LogP contribution in [0.3, 0.4) is 0 Å². The van der Waals surface area contributed by atoms with Crippen LogP contribution >= 0.6 is 15.9 Å². The van der Waals surface area contributed by atoms with E-state index in [0.717, 1.165) is 12.8 Å². The summed E-state index contributed by atoms with van der Waals surface area (Å²) in [4.78, 5) is 0. The molecule has 2 aromatic rings. The smallest absolute Gasteiger partial charge is 0.0207 e. The lowest BCUT2D eigenvalue weighted by Gasteiger charge is -1.96. The maximum atomic E-state index is 3.46. The third-order valence-electron chi connectivity index (χ3n) is 2.59. The lowest BCUT2D eigenvalue weighted by atomic mass is 10.2. The summed E-state index contributed by atoms with van der Waals surface area (Å²) in [5.41, 5.74) is 2.78. The highest BCUT2D eigenvalue weighted by Gasteiger charge is 1.91. The molecule has 2 aromatic carbocycles. The van der Waals surface area contributed by atoms with Gasteiger partial charge in [-0.2, -0.15) is 0 Å². The first-order valence-corrected chi connectivity index (χ1v) is 6.84. The molecule has 0 aliphatic carbocycles. The largest absolute Gasteiger partial charge is 0.0776 e. The Morgan fingerprint density at radius 2 is 1.33 bits per heavy atom. The van der Waals surface area contributed by atoms with Gasteiger partial charge in [-0.3, -0.25) is 0 Å². The first-order valence-electron chi connectivity index (χ1n) is 6.05. The fourth-order valence-corrected chi connectivity index (χ4v) is 2.06. The molecule has 0 aliphatic heterocycles. The minimum absolute atomic E-state index is 0. The Bertz CT molecular complexity index is 421. The predicted octanol–water partition coefficient (Wildman–Crippen LogP) is 5.90. The molecule has 0 nitrogen and oxygen atoms in total. The molecule has 98 valence electrons. The highest BCUT2D eigenvalue weighted by molar-refractivity contribution is 9.10. The van der Waals surface area contributed by atoms with Crippen LogP contribution in [0.25, 0.3) is 0 Å². The summed E-state index contributed by atoms with van der Waals surface area (Å²) in [5, 5.41) is 0. The van der Waals surface area contributed by atoms with E-state index in [1.165, 1.54) is 15.6 Å². The van der Waals surface area contributed by atoms with E-state index >= 15 is 0 Å². The molecule has 1 heteroatoms. The lowest BCUT2D eigenvalue weighted by molar-refractivity contribution is 1.13. The Labute approximate surface area is 120 Å². The molecule has 2 rings (SSSR count). The quantitative estimate of drug-likeness (QED) is 0.648. The first kappa shape index (κ1) is 16.9. The zero-order valence-electron chi connectivity index (χ0n) is 10.5. The highest BCUT2D eigenvalue weighted by atomic mass is 79.9. The molecule has 0 unspecified atom stereocenters. The van der Waals surface area contributed by atoms with Gasteiger partial charge in [0.25, 0.3) is 0 Å². The van der Waals surface area contributed by atoms with Crippen molar-refractivity contribution in [3.8, 4) is 0 Å². The van der Waals surface area contributed by atoms with Crippen molar-refractivity contribution in [2.24, 2.45) is 0 Å². The Morgan fingerprint density at radius 3 is 1.72 bits per heavy atom. The summed E-state index contributed by atoms with van der Waals surface area (Å²) in [6, 6.07) is 18.7. The van der Waals surface area contributed by atoms with Crippen molar-refractivity contribution < 1.29 is 0 Å². The SMILES string of the molecule is C.CCc1ccccc1.CCc1ccccc1Br. The molecule has 18 heavy (non-hydrogen) atoms. The number of hydrogen-bond donors (Lipinski definition) is 0. The topological polar surface area (TPSA) is 0 Å². The first-order chi connectivity index (χ1) is 8.27. The summed E-state index contributed by atoms with van der Waals surface area (Å²) in [5.74, 6) is 0. The van der Waals surface area contributed by atoms with E-state index < -0.39 is 0 Å². The molecule has 0 saturated heterocycles. The van der Waals surface area contributed by atoms with Crippen molar-refractivity contribution in [1.29, 1.82) is 0 Å².